The molecule has 0 N–H and O–H groups in total. The van der Waals surface area contributed by atoms with Crippen LogP contribution in [0.25, 0.3) is 0 Å². The average Bonchev–Trinajstić information content (AvgIpc) is 2.88. The Morgan fingerprint density at radius 1 is 1.15 bits per heavy atom. The van der Waals surface area contributed by atoms with E-state index in [1.807, 2.05) is 0 Å². The number of rotatable bonds is 8. The van der Waals surface area contributed by atoms with Crippen LogP contribution in [0.4, 0.5) is 23.2 Å². The van der Waals surface area contributed by atoms with Crippen LogP contribution in [0.5, 0.6) is 11.6 Å². The number of amides is 1. The van der Waals surface area contributed by atoms with Crippen molar-refractivity contribution in [3.63, 3.8) is 0 Å². The fourth-order valence-electron chi connectivity index (χ4n) is 4.57. The lowest BCUT2D eigenvalue weighted by molar-refractivity contribution is -0.139. The van der Waals surface area contributed by atoms with E-state index < -0.39 is 46.0 Å². The zero-order valence-corrected chi connectivity index (χ0v) is 25.1. The van der Waals surface area contributed by atoms with Gasteiger partial charge in [-0.3, -0.25) is 4.79 Å². The maximum atomic E-state index is 15.4. The van der Waals surface area contributed by atoms with E-state index in [2.05, 4.69) is 43.8 Å². The quantitative estimate of drug-likeness (QED) is 0.160. The molecular formula is C27H30Br2F4N2O4. The number of anilines is 1. The van der Waals surface area contributed by atoms with Gasteiger partial charge in [-0.2, -0.15) is 13.2 Å². The molecule has 1 aliphatic rings. The van der Waals surface area contributed by atoms with Crippen LogP contribution in [0.1, 0.15) is 72.8 Å². The third kappa shape index (κ3) is 7.31. The summed E-state index contributed by atoms with van der Waals surface area (Å²) in [5.74, 6) is -3.54. The first-order valence-corrected chi connectivity index (χ1v) is 14.5. The summed E-state index contributed by atoms with van der Waals surface area (Å²) in [6, 6.07) is 2.29. The molecule has 0 aliphatic heterocycles. The van der Waals surface area contributed by atoms with Gasteiger partial charge in [0.25, 0.3) is 0 Å². The van der Waals surface area contributed by atoms with Gasteiger partial charge in [0.05, 0.1) is 23.2 Å². The fraction of sp³-hybridized carbons (Fsp3) is 0.519. The van der Waals surface area contributed by atoms with Gasteiger partial charge in [0.15, 0.2) is 11.6 Å². The van der Waals surface area contributed by atoms with E-state index in [-0.39, 0.29) is 28.6 Å². The molecule has 1 aromatic carbocycles. The second kappa shape index (κ2) is 13.0. The number of hydrogen-bond donors (Lipinski definition) is 0. The minimum absolute atomic E-state index is 0.0378. The summed E-state index contributed by atoms with van der Waals surface area (Å²) in [7, 11) is 1.11. The van der Waals surface area contributed by atoms with Crippen LogP contribution in [0.3, 0.4) is 0 Å². The summed E-state index contributed by atoms with van der Waals surface area (Å²) in [4.78, 5) is 31.0. The Morgan fingerprint density at radius 3 is 2.33 bits per heavy atom. The molecule has 1 fully saturated rings. The third-order valence-electron chi connectivity index (χ3n) is 6.72. The number of carbonyl (C=O) groups excluding carboxylic acids is 2. The highest BCUT2D eigenvalue weighted by Gasteiger charge is 2.37. The third-order valence-corrected chi connectivity index (χ3v) is 9.08. The monoisotopic (exact) mass is 680 g/mol. The number of benzene rings is 1. The summed E-state index contributed by atoms with van der Waals surface area (Å²) in [6.07, 6.45) is -0.558. The van der Waals surface area contributed by atoms with Crippen LogP contribution in [-0.2, 0) is 15.7 Å². The molecule has 12 heteroatoms. The van der Waals surface area contributed by atoms with E-state index in [0.717, 1.165) is 38.2 Å². The molecule has 39 heavy (non-hydrogen) atoms. The van der Waals surface area contributed by atoms with Gasteiger partial charge < -0.3 is 14.4 Å². The molecule has 0 saturated heterocycles. The summed E-state index contributed by atoms with van der Waals surface area (Å²) < 4.78 is 67.1. The van der Waals surface area contributed by atoms with Crippen molar-refractivity contribution in [2.75, 3.05) is 17.3 Å². The van der Waals surface area contributed by atoms with Crippen molar-refractivity contribution < 1.29 is 36.6 Å². The van der Waals surface area contributed by atoms with Crippen LogP contribution in [0, 0.1) is 17.7 Å². The van der Waals surface area contributed by atoms with Crippen molar-refractivity contribution in [1.82, 2.24) is 4.98 Å². The van der Waals surface area contributed by atoms with Gasteiger partial charge in [0, 0.05) is 35.6 Å². The maximum Gasteiger partial charge on any atom is 0.421 e. The number of nitrogens with zero attached hydrogens (tertiary/aromatic N) is 2. The highest BCUT2D eigenvalue weighted by atomic mass is 79.9. The average molecular weight is 682 g/mol. The lowest BCUT2D eigenvalue weighted by Crippen LogP contribution is -2.43. The van der Waals surface area contributed by atoms with Gasteiger partial charge in [-0.05, 0) is 57.1 Å². The standard InChI is InChI=1S/C27H30Br2F4N2O4/c1-14(2)35(25(36)16-7-5-15(3)6-8-16)22-11-21(30)23(10-18(22)26(37)38-4)39-24-19(27(31,32)33)9-17(13-34-24)20(29)12-28/h9-11,13-16,20H,5-8,12H2,1-4H3/t15-,16-,20?. The van der Waals surface area contributed by atoms with Crippen LogP contribution in [0.2, 0.25) is 0 Å². The molecule has 0 radical (unpaired) electrons. The number of methoxy groups -OCH3 is 1. The van der Waals surface area contributed by atoms with E-state index in [1.54, 1.807) is 13.8 Å². The largest absolute Gasteiger partial charge is 0.465 e. The van der Waals surface area contributed by atoms with Crippen molar-refractivity contribution in [2.45, 2.75) is 63.5 Å². The summed E-state index contributed by atoms with van der Waals surface area (Å²) in [6.45, 7) is 5.59. The Labute approximate surface area is 241 Å². The Kier molecular flexibility index (Phi) is 10.4. The van der Waals surface area contributed by atoms with Crippen molar-refractivity contribution in [2.24, 2.45) is 11.8 Å². The minimum atomic E-state index is -4.85. The molecule has 1 atom stereocenters. The molecule has 1 unspecified atom stereocenters. The number of alkyl halides is 5. The number of pyridine rings is 1. The lowest BCUT2D eigenvalue weighted by atomic mass is 9.82. The lowest BCUT2D eigenvalue weighted by Gasteiger charge is -2.34. The first kappa shape index (κ1) is 31.3. The van der Waals surface area contributed by atoms with Crippen molar-refractivity contribution in [1.29, 1.82) is 0 Å². The Bertz CT molecular complexity index is 1200. The molecule has 1 aromatic heterocycles. The molecule has 6 nitrogen and oxygen atoms in total. The summed E-state index contributed by atoms with van der Waals surface area (Å²) in [5, 5.41) is 0.329. The molecule has 1 aliphatic carbocycles. The first-order valence-electron chi connectivity index (χ1n) is 12.5. The van der Waals surface area contributed by atoms with Crippen LogP contribution < -0.4 is 9.64 Å². The van der Waals surface area contributed by atoms with Crippen molar-refractivity contribution in [3.05, 3.63) is 46.9 Å². The van der Waals surface area contributed by atoms with Gasteiger partial charge in [-0.1, -0.05) is 38.8 Å². The molecule has 3 rings (SSSR count). The molecule has 0 bridgehead atoms. The molecule has 1 heterocycles. The second-order valence-electron chi connectivity index (χ2n) is 9.89. The zero-order chi connectivity index (χ0) is 29.1. The Balaban J connectivity index is 2.08. The highest BCUT2D eigenvalue weighted by Crippen LogP contribution is 2.41. The van der Waals surface area contributed by atoms with Gasteiger partial charge in [0.1, 0.15) is 5.56 Å². The topological polar surface area (TPSA) is 68.7 Å². The minimum Gasteiger partial charge on any atom is -0.465 e. The molecule has 1 saturated carbocycles. The smallest absolute Gasteiger partial charge is 0.421 e. The van der Waals surface area contributed by atoms with E-state index in [0.29, 0.717) is 24.1 Å². The van der Waals surface area contributed by atoms with Crippen molar-refractivity contribution in [3.8, 4) is 11.6 Å². The predicted molar refractivity (Wildman–Crippen MR) is 146 cm³/mol. The first-order chi connectivity index (χ1) is 18.3. The number of halogens is 6. The fourth-order valence-corrected chi connectivity index (χ4v) is 5.19. The van der Waals surface area contributed by atoms with Crippen molar-refractivity contribution >= 4 is 49.4 Å². The molecule has 2 aromatic rings. The second-order valence-corrected chi connectivity index (χ2v) is 11.6. The highest BCUT2D eigenvalue weighted by molar-refractivity contribution is 9.12. The summed E-state index contributed by atoms with van der Waals surface area (Å²) >= 11 is 6.45. The van der Waals surface area contributed by atoms with E-state index in [9.17, 15) is 22.8 Å². The molecule has 0 spiro atoms. The zero-order valence-electron chi connectivity index (χ0n) is 21.9. The SMILES string of the molecule is COC(=O)c1cc(Oc2ncc(C(Br)CBr)cc2C(F)(F)F)c(F)cc1N(C(=O)[C@H]1CC[C@H](C)CC1)C(C)C. The molecule has 1 amide bonds. The van der Waals surface area contributed by atoms with E-state index in [1.165, 1.54) is 11.1 Å². The van der Waals surface area contributed by atoms with Crippen LogP contribution in [-0.4, -0.2) is 35.3 Å². The Hall–Kier alpha value is -2.21. The van der Waals surface area contributed by atoms with Crippen LogP contribution >= 0.6 is 31.9 Å². The number of aromatic nitrogens is 1. The Morgan fingerprint density at radius 2 is 1.79 bits per heavy atom. The normalized spacial score (nSPS) is 18.5. The molecule has 214 valence electrons. The molecular weight excluding hydrogens is 652 g/mol. The van der Waals surface area contributed by atoms with Gasteiger partial charge in [0.2, 0.25) is 11.8 Å². The summed E-state index contributed by atoms with van der Waals surface area (Å²) in [5.41, 5.74) is -1.23. The number of esters is 1. The predicted octanol–water partition coefficient (Wildman–Crippen LogP) is 8.22. The van der Waals surface area contributed by atoms with Gasteiger partial charge in [-0.15, -0.1) is 0 Å². The number of hydrogen-bond acceptors (Lipinski definition) is 5. The maximum absolute atomic E-state index is 15.4. The van der Waals surface area contributed by atoms with E-state index >= 15 is 4.39 Å². The van der Waals surface area contributed by atoms with E-state index in [4.69, 9.17) is 9.47 Å². The number of ether oxygens (including phenoxy) is 2. The van der Waals surface area contributed by atoms with Crippen LogP contribution in [0.15, 0.2) is 24.4 Å². The van der Waals surface area contributed by atoms with Gasteiger partial charge >= 0.3 is 12.1 Å². The van der Waals surface area contributed by atoms with Gasteiger partial charge in [-0.25, -0.2) is 14.2 Å². The number of carbonyl (C=O) groups is 2.